The van der Waals surface area contributed by atoms with E-state index in [9.17, 15) is 13.6 Å². The molecule has 6 nitrogen and oxygen atoms in total. The lowest BCUT2D eigenvalue weighted by Crippen LogP contribution is -2.47. The van der Waals surface area contributed by atoms with Crippen LogP contribution in [-0.2, 0) is 10.2 Å². The summed E-state index contributed by atoms with van der Waals surface area (Å²) in [4.78, 5) is 18.8. The molecule has 0 spiro atoms. The van der Waals surface area contributed by atoms with E-state index in [1.54, 1.807) is 4.90 Å². The molecule has 2 aliphatic rings. The Morgan fingerprint density at radius 3 is 2.32 bits per heavy atom. The van der Waals surface area contributed by atoms with Crippen LogP contribution in [0.3, 0.4) is 0 Å². The van der Waals surface area contributed by atoms with Crippen molar-refractivity contribution in [1.82, 2.24) is 15.0 Å². The minimum atomic E-state index is -2.64. The van der Waals surface area contributed by atoms with Gasteiger partial charge in [-0.15, -0.1) is 0 Å². The average Bonchev–Trinajstić information content (AvgIpc) is 3.15. The molecule has 1 saturated heterocycles. The van der Waals surface area contributed by atoms with Crippen molar-refractivity contribution in [2.75, 3.05) is 13.1 Å². The molecule has 0 unspecified atom stereocenters. The summed E-state index contributed by atoms with van der Waals surface area (Å²) in [6, 6.07) is 8.14. The zero-order valence-corrected chi connectivity index (χ0v) is 18.5. The van der Waals surface area contributed by atoms with E-state index >= 15 is 0 Å². The van der Waals surface area contributed by atoms with Gasteiger partial charge < -0.3 is 14.2 Å². The van der Waals surface area contributed by atoms with E-state index in [0.717, 1.165) is 11.1 Å². The fourth-order valence-electron chi connectivity index (χ4n) is 4.33. The largest absolute Gasteiger partial charge is 0.444 e. The molecule has 8 heteroatoms. The Balaban J connectivity index is 1.59. The molecule has 2 aromatic rings. The number of halogens is 2. The zero-order chi connectivity index (χ0) is 22.4. The summed E-state index contributed by atoms with van der Waals surface area (Å²) in [5, 5.41) is 4.04. The number of rotatable bonds is 3. The number of piperidine rings is 1. The molecule has 31 heavy (non-hydrogen) atoms. The Morgan fingerprint density at radius 2 is 1.77 bits per heavy atom. The number of aryl methyl sites for hydroxylation is 1. The van der Waals surface area contributed by atoms with Gasteiger partial charge in [-0.25, -0.2) is 13.6 Å². The van der Waals surface area contributed by atoms with E-state index in [4.69, 9.17) is 9.26 Å². The van der Waals surface area contributed by atoms with Gasteiger partial charge in [-0.05, 0) is 46.1 Å². The van der Waals surface area contributed by atoms with Gasteiger partial charge in [0.25, 0.3) is 0 Å². The summed E-state index contributed by atoms with van der Waals surface area (Å²) in [6.45, 7) is 8.49. The topological polar surface area (TPSA) is 68.5 Å². The van der Waals surface area contributed by atoms with Gasteiger partial charge in [0.1, 0.15) is 5.60 Å². The molecule has 1 aromatic heterocycles. The van der Waals surface area contributed by atoms with Gasteiger partial charge in [0.2, 0.25) is 11.8 Å². The third-order valence-electron chi connectivity index (χ3n) is 6.18. The molecule has 0 atom stereocenters. The first kappa shape index (κ1) is 21.7. The lowest BCUT2D eigenvalue weighted by Gasteiger charge is -2.40. The van der Waals surface area contributed by atoms with Crippen LogP contribution in [0.2, 0.25) is 0 Å². The first-order valence-corrected chi connectivity index (χ1v) is 10.7. The van der Waals surface area contributed by atoms with Gasteiger partial charge in [-0.2, -0.15) is 4.98 Å². The third kappa shape index (κ3) is 4.43. The zero-order valence-electron chi connectivity index (χ0n) is 18.5. The number of likely N-dealkylation sites (tertiary alicyclic amines) is 1. The molecule has 1 aliphatic carbocycles. The van der Waals surface area contributed by atoms with E-state index in [0.29, 0.717) is 37.6 Å². The summed E-state index contributed by atoms with van der Waals surface area (Å²) in [5.41, 5.74) is 1.03. The van der Waals surface area contributed by atoms with Gasteiger partial charge in [0.15, 0.2) is 5.82 Å². The number of amides is 1. The van der Waals surface area contributed by atoms with Crippen molar-refractivity contribution in [2.45, 2.75) is 76.2 Å². The van der Waals surface area contributed by atoms with Crippen LogP contribution in [0.5, 0.6) is 0 Å². The Morgan fingerprint density at radius 1 is 1.16 bits per heavy atom. The fraction of sp³-hybridized carbons (Fsp3) is 0.609. The highest BCUT2D eigenvalue weighted by Gasteiger charge is 2.49. The van der Waals surface area contributed by atoms with Crippen LogP contribution in [0, 0.1) is 6.92 Å². The van der Waals surface area contributed by atoms with E-state index in [1.807, 2.05) is 52.0 Å². The molecule has 1 aliphatic heterocycles. The lowest BCUT2D eigenvalue weighted by atomic mass is 9.72. The monoisotopic (exact) mass is 433 g/mol. The average molecular weight is 433 g/mol. The van der Waals surface area contributed by atoms with Crippen LogP contribution in [0.15, 0.2) is 28.8 Å². The molecule has 2 fully saturated rings. The Hall–Kier alpha value is -2.51. The number of ether oxygens (including phenoxy) is 1. The minimum absolute atomic E-state index is 0.240. The molecule has 1 aromatic carbocycles. The summed E-state index contributed by atoms with van der Waals surface area (Å²) < 4.78 is 37.8. The van der Waals surface area contributed by atoms with Gasteiger partial charge >= 0.3 is 6.09 Å². The molecule has 1 amide bonds. The molecule has 1 saturated carbocycles. The smallest absolute Gasteiger partial charge is 0.410 e. The summed E-state index contributed by atoms with van der Waals surface area (Å²) in [6.07, 6.45) is 0.342. The standard InChI is InChI=1S/C23H29F2N3O3/c1-15-5-7-17(8-6-15)22(9-11-28(12-10-22)20(29)30-21(2,3)4)19-26-18(27-31-19)16-13-23(24,25)14-16/h5-8,16H,9-14H2,1-4H3. The fourth-order valence-corrected chi connectivity index (χ4v) is 4.33. The Kier molecular flexibility index (Phi) is 5.30. The second-order valence-electron chi connectivity index (χ2n) is 9.83. The second kappa shape index (κ2) is 7.57. The minimum Gasteiger partial charge on any atom is -0.444 e. The van der Waals surface area contributed by atoms with E-state index < -0.39 is 16.9 Å². The summed E-state index contributed by atoms with van der Waals surface area (Å²) >= 11 is 0. The molecule has 4 rings (SSSR count). The highest BCUT2D eigenvalue weighted by Crippen LogP contribution is 2.48. The van der Waals surface area contributed by atoms with E-state index in [-0.39, 0.29) is 24.9 Å². The van der Waals surface area contributed by atoms with Crippen LogP contribution < -0.4 is 0 Å². The summed E-state index contributed by atoms with van der Waals surface area (Å²) in [7, 11) is 0. The SMILES string of the molecule is Cc1ccc(C2(c3nc(C4CC(F)(F)C4)no3)CCN(C(=O)OC(C)(C)C)CC2)cc1. The molecule has 0 radical (unpaired) electrons. The maximum atomic E-state index is 13.3. The number of hydrogen-bond donors (Lipinski definition) is 0. The van der Waals surface area contributed by atoms with Gasteiger partial charge in [-0.1, -0.05) is 35.0 Å². The van der Waals surface area contributed by atoms with Crippen LogP contribution in [0.25, 0.3) is 0 Å². The Labute approximate surface area is 181 Å². The molecule has 2 heterocycles. The number of carbonyl (C=O) groups excluding carboxylic acids is 1. The number of nitrogens with zero attached hydrogens (tertiary/aromatic N) is 3. The van der Waals surface area contributed by atoms with Crippen molar-refractivity contribution in [3.05, 3.63) is 47.1 Å². The van der Waals surface area contributed by atoms with E-state index in [1.165, 1.54) is 0 Å². The maximum absolute atomic E-state index is 13.3. The second-order valence-corrected chi connectivity index (χ2v) is 9.83. The summed E-state index contributed by atoms with van der Waals surface area (Å²) in [5.74, 6) is -2.23. The predicted molar refractivity (Wildman–Crippen MR) is 110 cm³/mol. The van der Waals surface area contributed by atoms with Gasteiger partial charge in [-0.3, -0.25) is 0 Å². The van der Waals surface area contributed by atoms with Gasteiger partial charge in [0.05, 0.1) is 5.41 Å². The highest BCUT2D eigenvalue weighted by atomic mass is 19.3. The van der Waals surface area contributed by atoms with Crippen molar-refractivity contribution in [3.8, 4) is 0 Å². The molecule has 168 valence electrons. The van der Waals surface area contributed by atoms with E-state index in [2.05, 4.69) is 10.1 Å². The maximum Gasteiger partial charge on any atom is 0.410 e. The normalized spacial score (nSPS) is 20.9. The number of alkyl halides is 2. The number of carbonyl (C=O) groups is 1. The third-order valence-corrected chi connectivity index (χ3v) is 6.18. The number of hydrogen-bond acceptors (Lipinski definition) is 5. The number of aromatic nitrogens is 2. The van der Waals surface area contributed by atoms with Gasteiger partial charge in [0, 0.05) is 31.8 Å². The van der Waals surface area contributed by atoms with Crippen LogP contribution in [0.4, 0.5) is 13.6 Å². The van der Waals surface area contributed by atoms with Crippen molar-refractivity contribution in [2.24, 2.45) is 0 Å². The first-order chi connectivity index (χ1) is 14.5. The molecule has 0 N–H and O–H groups in total. The van der Waals surface area contributed by atoms with Crippen molar-refractivity contribution in [3.63, 3.8) is 0 Å². The van der Waals surface area contributed by atoms with Crippen molar-refractivity contribution >= 4 is 6.09 Å². The predicted octanol–water partition coefficient (Wildman–Crippen LogP) is 5.21. The first-order valence-electron chi connectivity index (χ1n) is 10.7. The van der Waals surface area contributed by atoms with Crippen molar-refractivity contribution in [1.29, 1.82) is 0 Å². The quantitative estimate of drug-likeness (QED) is 0.665. The molecule has 0 bridgehead atoms. The molecular weight excluding hydrogens is 404 g/mol. The van der Waals surface area contributed by atoms with Crippen LogP contribution >= 0.6 is 0 Å². The Bertz CT molecular complexity index is 934. The molecular formula is C23H29F2N3O3. The highest BCUT2D eigenvalue weighted by molar-refractivity contribution is 5.68. The lowest BCUT2D eigenvalue weighted by molar-refractivity contribution is -0.0888. The van der Waals surface area contributed by atoms with Crippen LogP contribution in [0.1, 0.15) is 75.2 Å². The van der Waals surface area contributed by atoms with Crippen LogP contribution in [-0.4, -0.2) is 45.7 Å². The van der Waals surface area contributed by atoms with Crippen molar-refractivity contribution < 1.29 is 22.8 Å². The number of benzene rings is 1.